The van der Waals surface area contributed by atoms with Crippen LogP contribution in [0.4, 0.5) is 0 Å². The van der Waals surface area contributed by atoms with Crippen molar-refractivity contribution >= 4 is 17.3 Å². The van der Waals surface area contributed by atoms with Crippen molar-refractivity contribution in [2.75, 3.05) is 32.9 Å². The van der Waals surface area contributed by atoms with Gasteiger partial charge < -0.3 is 20.1 Å². The van der Waals surface area contributed by atoms with Gasteiger partial charge in [0.15, 0.2) is 5.96 Å². The predicted molar refractivity (Wildman–Crippen MR) is 110 cm³/mol. The number of hydrogen-bond acceptors (Lipinski definition) is 5. The molecular weight excluding hydrogens is 360 g/mol. The van der Waals surface area contributed by atoms with Crippen LogP contribution in [0.2, 0.25) is 0 Å². The van der Waals surface area contributed by atoms with Gasteiger partial charge in [0.2, 0.25) is 0 Å². The fourth-order valence-electron chi connectivity index (χ4n) is 2.77. The molecule has 1 aliphatic heterocycles. The molecule has 0 spiro atoms. The van der Waals surface area contributed by atoms with Crippen molar-refractivity contribution in [1.82, 2.24) is 15.6 Å². The molecule has 1 unspecified atom stereocenters. The summed E-state index contributed by atoms with van der Waals surface area (Å²) in [6.45, 7) is 6.58. The molecule has 7 heteroatoms. The average Bonchev–Trinajstić information content (AvgIpc) is 3.38. The first-order chi connectivity index (χ1) is 13.3. The van der Waals surface area contributed by atoms with E-state index in [0.717, 1.165) is 68.0 Å². The highest BCUT2D eigenvalue weighted by Gasteiger charge is 2.15. The van der Waals surface area contributed by atoms with E-state index in [0.29, 0.717) is 6.54 Å². The standard InChI is InChI=1S/C20H28N4O2S/c1-2-21-20(22-10-6-11-26-18-9-12-25-14-18)23-13-17-15-27-19(24-17)16-7-4-3-5-8-16/h3-5,7-8,15,18H,2,6,9-14H2,1H3,(H2,21,22,23). The Morgan fingerprint density at radius 2 is 2.22 bits per heavy atom. The largest absolute Gasteiger partial charge is 0.379 e. The Balaban J connectivity index is 1.43. The second-order valence-corrected chi connectivity index (χ2v) is 7.20. The maximum Gasteiger partial charge on any atom is 0.191 e. The van der Waals surface area contributed by atoms with E-state index in [2.05, 4.69) is 40.1 Å². The lowest BCUT2D eigenvalue weighted by Crippen LogP contribution is -2.38. The van der Waals surface area contributed by atoms with Crippen molar-refractivity contribution in [1.29, 1.82) is 0 Å². The van der Waals surface area contributed by atoms with Crippen LogP contribution in [-0.2, 0) is 16.0 Å². The molecule has 1 aromatic heterocycles. The summed E-state index contributed by atoms with van der Waals surface area (Å²) in [6.07, 6.45) is 2.22. The Labute approximate surface area is 165 Å². The molecule has 0 radical (unpaired) electrons. The van der Waals surface area contributed by atoms with E-state index in [4.69, 9.17) is 14.5 Å². The number of thiazole rings is 1. The Bertz CT molecular complexity index is 699. The quantitative estimate of drug-likeness (QED) is 0.393. The Kier molecular flexibility index (Phi) is 8.07. The number of benzene rings is 1. The molecule has 0 bridgehead atoms. The van der Waals surface area contributed by atoms with E-state index >= 15 is 0 Å². The molecule has 1 aliphatic rings. The van der Waals surface area contributed by atoms with E-state index in [1.807, 2.05) is 18.2 Å². The van der Waals surface area contributed by atoms with Gasteiger partial charge in [0.05, 0.1) is 24.9 Å². The number of aliphatic imine (C=N–C) groups is 1. The van der Waals surface area contributed by atoms with Gasteiger partial charge in [0.1, 0.15) is 5.01 Å². The van der Waals surface area contributed by atoms with Crippen LogP contribution in [0.15, 0.2) is 40.7 Å². The van der Waals surface area contributed by atoms with E-state index in [1.165, 1.54) is 0 Å². The van der Waals surface area contributed by atoms with Gasteiger partial charge in [-0.15, -0.1) is 11.3 Å². The SMILES string of the molecule is CCNC(=NCc1csc(-c2ccccc2)n1)NCCCOC1CCOC1. The van der Waals surface area contributed by atoms with Gasteiger partial charge in [-0.05, 0) is 19.8 Å². The minimum Gasteiger partial charge on any atom is -0.379 e. The van der Waals surface area contributed by atoms with Crippen molar-refractivity contribution < 1.29 is 9.47 Å². The zero-order valence-corrected chi connectivity index (χ0v) is 16.6. The highest BCUT2D eigenvalue weighted by molar-refractivity contribution is 7.13. The fraction of sp³-hybridized carbons (Fsp3) is 0.500. The van der Waals surface area contributed by atoms with Crippen LogP contribution in [0.5, 0.6) is 0 Å². The number of aromatic nitrogens is 1. The minimum atomic E-state index is 0.274. The molecule has 6 nitrogen and oxygen atoms in total. The molecule has 1 aromatic carbocycles. The molecule has 2 aromatic rings. The van der Waals surface area contributed by atoms with Crippen molar-refractivity contribution in [3.8, 4) is 10.6 Å². The lowest BCUT2D eigenvalue weighted by Gasteiger charge is -2.12. The van der Waals surface area contributed by atoms with Crippen LogP contribution in [0.25, 0.3) is 10.6 Å². The summed E-state index contributed by atoms with van der Waals surface area (Å²) in [4.78, 5) is 9.33. The number of ether oxygens (including phenoxy) is 2. The molecule has 0 aliphatic carbocycles. The summed E-state index contributed by atoms with van der Waals surface area (Å²) in [5, 5.41) is 9.75. The number of guanidine groups is 1. The molecule has 3 rings (SSSR count). The van der Waals surface area contributed by atoms with Crippen LogP contribution in [-0.4, -0.2) is 50.0 Å². The van der Waals surface area contributed by atoms with Gasteiger partial charge in [-0.2, -0.15) is 0 Å². The second kappa shape index (κ2) is 11.0. The van der Waals surface area contributed by atoms with Crippen LogP contribution in [0.3, 0.4) is 0 Å². The third-order valence-corrected chi connectivity index (χ3v) is 5.11. The molecule has 0 saturated carbocycles. The molecular formula is C20H28N4O2S. The molecule has 2 N–H and O–H groups in total. The van der Waals surface area contributed by atoms with Crippen molar-refractivity contribution in [3.63, 3.8) is 0 Å². The van der Waals surface area contributed by atoms with Gasteiger partial charge in [-0.1, -0.05) is 30.3 Å². The number of nitrogens with one attached hydrogen (secondary N) is 2. The van der Waals surface area contributed by atoms with Crippen LogP contribution < -0.4 is 10.6 Å². The number of rotatable bonds is 9. The monoisotopic (exact) mass is 388 g/mol. The molecule has 2 heterocycles. The molecule has 0 amide bonds. The lowest BCUT2D eigenvalue weighted by molar-refractivity contribution is 0.0420. The molecule has 1 saturated heterocycles. The Morgan fingerprint density at radius 1 is 1.33 bits per heavy atom. The summed E-state index contributed by atoms with van der Waals surface area (Å²) in [6, 6.07) is 10.2. The van der Waals surface area contributed by atoms with Gasteiger partial charge in [0, 0.05) is 37.2 Å². The highest BCUT2D eigenvalue weighted by Crippen LogP contribution is 2.23. The highest BCUT2D eigenvalue weighted by atomic mass is 32.1. The van der Waals surface area contributed by atoms with Gasteiger partial charge in [-0.3, -0.25) is 0 Å². The van der Waals surface area contributed by atoms with E-state index in [-0.39, 0.29) is 6.10 Å². The molecule has 1 atom stereocenters. The number of hydrogen-bond donors (Lipinski definition) is 2. The second-order valence-electron chi connectivity index (χ2n) is 6.34. The third-order valence-electron chi connectivity index (χ3n) is 4.17. The molecule has 146 valence electrons. The minimum absolute atomic E-state index is 0.274. The normalized spacial score (nSPS) is 17.2. The Morgan fingerprint density at radius 3 is 3.00 bits per heavy atom. The van der Waals surface area contributed by atoms with Crippen LogP contribution >= 0.6 is 11.3 Å². The third kappa shape index (κ3) is 6.61. The van der Waals surface area contributed by atoms with Crippen molar-refractivity contribution in [2.24, 2.45) is 4.99 Å². The van der Waals surface area contributed by atoms with Crippen molar-refractivity contribution in [3.05, 3.63) is 41.4 Å². The van der Waals surface area contributed by atoms with Crippen LogP contribution in [0, 0.1) is 0 Å². The van der Waals surface area contributed by atoms with Crippen molar-refractivity contribution in [2.45, 2.75) is 32.4 Å². The van der Waals surface area contributed by atoms with E-state index in [9.17, 15) is 0 Å². The summed E-state index contributed by atoms with van der Waals surface area (Å²) in [5.74, 6) is 0.816. The smallest absolute Gasteiger partial charge is 0.191 e. The topological polar surface area (TPSA) is 67.8 Å². The van der Waals surface area contributed by atoms with Gasteiger partial charge in [0.25, 0.3) is 0 Å². The van der Waals surface area contributed by atoms with Gasteiger partial charge in [-0.25, -0.2) is 9.98 Å². The van der Waals surface area contributed by atoms with Gasteiger partial charge >= 0.3 is 0 Å². The number of nitrogens with zero attached hydrogens (tertiary/aromatic N) is 2. The van der Waals surface area contributed by atoms with E-state index in [1.54, 1.807) is 11.3 Å². The summed E-state index contributed by atoms with van der Waals surface area (Å²) in [5.41, 5.74) is 2.14. The summed E-state index contributed by atoms with van der Waals surface area (Å²) < 4.78 is 11.1. The predicted octanol–water partition coefficient (Wildman–Crippen LogP) is 3.06. The zero-order chi connectivity index (χ0) is 18.7. The Hall–Kier alpha value is -1.96. The fourth-order valence-corrected chi connectivity index (χ4v) is 3.59. The van der Waals surface area contributed by atoms with Crippen LogP contribution in [0.1, 0.15) is 25.5 Å². The lowest BCUT2D eigenvalue weighted by atomic mass is 10.2. The molecule has 1 fully saturated rings. The first kappa shape index (κ1) is 19.8. The first-order valence-corrected chi connectivity index (χ1v) is 10.4. The maximum atomic E-state index is 5.78. The summed E-state index contributed by atoms with van der Waals surface area (Å²) in [7, 11) is 0. The zero-order valence-electron chi connectivity index (χ0n) is 15.8. The summed E-state index contributed by atoms with van der Waals surface area (Å²) >= 11 is 1.66. The first-order valence-electron chi connectivity index (χ1n) is 9.56. The maximum absolute atomic E-state index is 5.78. The average molecular weight is 389 g/mol. The van der Waals surface area contributed by atoms with E-state index < -0.39 is 0 Å². The molecule has 27 heavy (non-hydrogen) atoms.